The van der Waals surface area contributed by atoms with Crippen LogP contribution in [0.25, 0.3) is 0 Å². The molecule has 2 aliphatic rings. The minimum Gasteiger partial charge on any atom is -0.481 e. The van der Waals surface area contributed by atoms with Crippen molar-refractivity contribution in [1.82, 2.24) is 4.90 Å². The molecule has 2 fully saturated rings. The highest BCUT2D eigenvalue weighted by Crippen LogP contribution is 2.34. The Morgan fingerprint density at radius 2 is 2.21 bits per heavy atom. The van der Waals surface area contributed by atoms with Gasteiger partial charge in [-0.15, -0.1) is 0 Å². The van der Waals surface area contributed by atoms with Crippen molar-refractivity contribution >= 4 is 11.9 Å². The maximum Gasteiger partial charge on any atom is 0.311 e. The average molecular weight is 271 g/mol. The van der Waals surface area contributed by atoms with Crippen LogP contribution in [0.15, 0.2) is 0 Å². The predicted octanol–water partition coefficient (Wildman–Crippen LogP) is 0.505. The summed E-state index contributed by atoms with van der Waals surface area (Å²) in [6.07, 6.45) is 1.31. The van der Waals surface area contributed by atoms with Crippen molar-refractivity contribution in [3.8, 4) is 0 Å². The number of carbonyl (C=O) groups is 2. The van der Waals surface area contributed by atoms with Crippen molar-refractivity contribution in [2.24, 2.45) is 5.41 Å². The van der Waals surface area contributed by atoms with Gasteiger partial charge < -0.3 is 19.5 Å². The Balaban J connectivity index is 2.03. The molecule has 2 saturated heterocycles. The van der Waals surface area contributed by atoms with E-state index in [2.05, 4.69) is 0 Å². The molecule has 0 aromatic heterocycles. The fraction of sp³-hybridized carbons (Fsp3) is 0.846. The zero-order valence-corrected chi connectivity index (χ0v) is 11.3. The number of carboxylic acids is 1. The van der Waals surface area contributed by atoms with Gasteiger partial charge in [0.25, 0.3) is 5.91 Å². The molecule has 2 unspecified atom stereocenters. The number of likely N-dealkylation sites (tertiary alicyclic amines) is 1. The lowest BCUT2D eigenvalue weighted by atomic mass is 9.77. The van der Waals surface area contributed by atoms with Gasteiger partial charge in [-0.25, -0.2) is 0 Å². The quantitative estimate of drug-likeness (QED) is 0.809. The Kier molecular flexibility index (Phi) is 4.42. The Hall–Kier alpha value is -1.14. The summed E-state index contributed by atoms with van der Waals surface area (Å²) in [6.45, 7) is 3.94. The Bertz CT molecular complexity index is 353. The molecule has 0 saturated carbocycles. The number of aliphatic carboxylic acids is 1. The van der Waals surface area contributed by atoms with Crippen molar-refractivity contribution in [3.63, 3.8) is 0 Å². The second kappa shape index (κ2) is 5.88. The summed E-state index contributed by atoms with van der Waals surface area (Å²) in [6, 6.07) is 0. The number of hydrogen-bond acceptors (Lipinski definition) is 4. The third kappa shape index (κ3) is 2.90. The fourth-order valence-corrected chi connectivity index (χ4v) is 2.77. The largest absolute Gasteiger partial charge is 0.481 e. The molecule has 0 aromatic carbocycles. The second-order valence-corrected chi connectivity index (χ2v) is 5.24. The van der Waals surface area contributed by atoms with Crippen LogP contribution < -0.4 is 0 Å². The van der Waals surface area contributed by atoms with E-state index < -0.39 is 17.5 Å². The van der Waals surface area contributed by atoms with Crippen LogP contribution in [0.2, 0.25) is 0 Å². The van der Waals surface area contributed by atoms with E-state index in [0.717, 1.165) is 6.42 Å². The van der Waals surface area contributed by atoms with Crippen LogP contribution in [-0.2, 0) is 19.1 Å². The van der Waals surface area contributed by atoms with Gasteiger partial charge in [0.15, 0.2) is 6.10 Å². The molecule has 2 atom stereocenters. The van der Waals surface area contributed by atoms with Gasteiger partial charge in [0.1, 0.15) is 0 Å². The van der Waals surface area contributed by atoms with Crippen LogP contribution in [-0.4, -0.2) is 60.9 Å². The first-order chi connectivity index (χ1) is 9.09. The van der Waals surface area contributed by atoms with Gasteiger partial charge >= 0.3 is 5.97 Å². The van der Waals surface area contributed by atoms with E-state index in [4.69, 9.17) is 9.47 Å². The number of rotatable bonds is 3. The molecular formula is C13H21NO5. The van der Waals surface area contributed by atoms with Crippen LogP contribution in [0, 0.1) is 5.41 Å². The number of ether oxygens (including phenoxy) is 2. The lowest BCUT2D eigenvalue weighted by Crippen LogP contribution is -2.54. The van der Waals surface area contributed by atoms with Gasteiger partial charge in [-0.2, -0.15) is 0 Å². The van der Waals surface area contributed by atoms with E-state index in [1.807, 2.05) is 6.92 Å². The van der Waals surface area contributed by atoms with Crippen molar-refractivity contribution < 1.29 is 24.2 Å². The maximum atomic E-state index is 12.3. The van der Waals surface area contributed by atoms with Crippen LogP contribution in [0.1, 0.15) is 26.2 Å². The van der Waals surface area contributed by atoms with E-state index in [1.165, 1.54) is 0 Å². The van der Waals surface area contributed by atoms with E-state index in [0.29, 0.717) is 32.6 Å². The molecule has 2 rings (SSSR count). The van der Waals surface area contributed by atoms with E-state index in [-0.39, 0.29) is 19.1 Å². The van der Waals surface area contributed by atoms with Crippen LogP contribution in [0.3, 0.4) is 0 Å². The summed E-state index contributed by atoms with van der Waals surface area (Å²) in [5, 5.41) is 9.40. The molecule has 6 nitrogen and oxygen atoms in total. The molecule has 6 heteroatoms. The number of nitrogens with zero attached hydrogens (tertiary/aromatic N) is 1. The molecule has 1 N–H and O–H groups in total. The topological polar surface area (TPSA) is 76.1 Å². The normalized spacial score (nSPS) is 32.1. The number of piperidine rings is 1. The monoisotopic (exact) mass is 271 g/mol. The maximum absolute atomic E-state index is 12.3. The minimum atomic E-state index is -0.812. The first-order valence-electron chi connectivity index (χ1n) is 6.80. The zero-order chi connectivity index (χ0) is 13.9. The highest BCUT2D eigenvalue weighted by Gasteiger charge is 2.43. The zero-order valence-electron chi connectivity index (χ0n) is 11.3. The molecule has 0 aliphatic carbocycles. The molecule has 19 heavy (non-hydrogen) atoms. The molecule has 0 radical (unpaired) electrons. The summed E-state index contributed by atoms with van der Waals surface area (Å²) in [7, 11) is 0. The fourth-order valence-electron chi connectivity index (χ4n) is 2.77. The second-order valence-electron chi connectivity index (χ2n) is 5.24. The lowest BCUT2D eigenvalue weighted by molar-refractivity contribution is -0.165. The highest BCUT2D eigenvalue weighted by atomic mass is 16.6. The Labute approximate surface area is 112 Å². The summed E-state index contributed by atoms with van der Waals surface area (Å²) in [5.41, 5.74) is -0.802. The first kappa shape index (κ1) is 14.3. The molecule has 0 aromatic rings. The van der Waals surface area contributed by atoms with Crippen molar-refractivity contribution in [2.75, 3.05) is 32.9 Å². The SMILES string of the molecule is CCC1(C(=O)O)CCCN(C(=O)C2COCCO2)C1. The summed E-state index contributed by atoms with van der Waals surface area (Å²) in [5.74, 6) is -0.952. The van der Waals surface area contributed by atoms with Gasteiger partial charge in [0.05, 0.1) is 25.2 Å². The first-order valence-corrected chi connectivity index (χ1v) is 6.80. The number of carboxylic acid groups (broad SMARTS) is 1. The summed E-state index contributed by atoms with van der Waals surface area (Å²) < 4.78 is 10.6. The molecule has 0 spiro atoms. The van der Waals surface area contributed by atoms with E-state index in [9.17, 15) is 14.7 Å². The van der Waals surface area contributed by atoms with Gasteiger partial charge in [0, 0.05) is 13.1 Å². The molecular weight excluding hydrogens is 250 g/mol. The molecule has 1 amide bonds. The van der Waals surface area contributed by atoms with E-state index >= 15 is 0 Å². The van der Waals surface area contributed by atoms with Gasteiger partial charge in [-0.1, -0.05) is 6.92 Å². The smallest absolute Gasteiger partial charge is 0.311 e. The minimum absolute atomic E-state index is 0.140. The van der Waals surface area contributed by atoms with Crippen molar-refractivity contribution in [3.05, 3.63) is 0 Å². The molecule has 2 aliphatic heterocycles. The third-order valence-corrected chi connectivity index (χ3v) is 4.11. The van der Waals surface area contributed by atoms with Crippen LogP contribution in [0.4, 0.5) is 0 Å². The van der Waals surface area contributed by atoms with Gasteiger partial charge in [-0.3, -0.25) is 9.59 Å². The number of carbonyl (C=O) groups excluding carboxylic acids is 1. The van der Waals surface area contributed by atoms with E-state index in [1.54, 1.807) is 4.90 Å². The number of amides is 1. The summed E-state index contributed by atoms with van der Waals surface area (Å²) in [4.78, 5) is 25.4. The Morgan fingerprint density at radius 1 is 1.42 bits per heavy atom. The van der Waals surface area contributed by atoms with Gasteiger partial charge in [0.2, 0.25) is 0 Å². The van der Waals surface area contributed by atoms with Crippen molar-refractivity contribution in [1.29, 1.82) is 0 Å². The third-order valence-electron chi connectivity index (χ3n) is 4.11. The summed E-state index contributed by atoms with van der Waals surface area (Å²) >= 11 is 0. The molecule has 2 heterocycles. The predicted molar refractivity (Wildman–Crippen MR) is 66.7 cm³/mol. The highest BCUT2D eigenvalue weighted by molar-refractivity contribution is 5.83. The average Bonchev–Trinajstić information content (AvgIpc) is 2.47. The number of hydrogen-bond donors (Lipinski definition) is 1. The molecule has 0 bridgehead atoms. The molecule has 108 valence electrons. The van der Waals surface area contributed by atoms with Gasteiger partial charge in [-0.05, 0) is 19.3 Å². The standard InChI is InChI=1S/C13H21NO5/c1-2-13(12(16)17)4-3-5-14(9-13)11(15)10-8-18-6-7-19-10/h10H,2-9H2,1H3,(H,16,17). The Morgan fingerprint density at radius 3 is 2.79 bits per heavy atom. The van der Waals surface area contributed by atoms with Crippen LogP contribution in [0.5, 0.6) is 0 Å². The van der Waals surface area contributed by atoms with Crippen LogP contribution >= 0.6 is 0 Å². The van der Waals surface area contributed by atoms with Crippen molar-refractivity contribution in [2.45, 2.75) is 32.3 Å². The lowest BCUT2D eigenvalue weighted by Gasteiger charge is -2.40.